The second-order valence-corrected chi connectivity index (χ2v) is 6.61. The summed E-state index contributed by atoms with van der Waals surface area (Å²) in [5.41, 5.74) is 0.820. The molecule has 3 rings (SSSR count). The molecule has 1 aromatic heterocycles. The standard InChI is InChI=1S/C19H15F3N2O2S/c20-15-4-2-1-3-14(15)16-11-23-18(26-16)10-9-17(25)24-12-5-7-13(8-6-12)27-19(21)22/h1-8,11,19H,9-10H2,(H,24,25). The Balaban J connectivity index is 1.53. The Hall–Kier alpha value is -2.74. The average molecular weight is 392 g/mol. The second-order valence-electron chi connectivity index (χ2n) is 5.55. The molecule has 0 bridgehead atoms. The van der Waals surface area contributed by atoms with Gasteiger partial charge in [-0.3, -0.25) is 4.79 Å². The Labute approximate surface area is 157 Å². The maximum absolute atomic E-state index is 13.7. The number of aryl methyl sites for hydroxylation is 1. The molecule has 4 nitrogen and oxygen atoms in total. The lowest BCUT2D eigenvalue weighted by atomic mass is 10.2. The molecule has 0 radical (unpaired) electrons. The van der Waals surface area contributed by atoms with Crippen molar-refractivity contribution in [3.05, 3.63) is 66.4 Å². The lowest BCUT2D eigenvalue weighted by Crippen LogP contribution is -2.12. The van der Waals surface area contributed by atoms with Crippen molar-refractivity contribution in [1.29, 1.82) is 0 Å². The van der Waals surface area contributed by atoms with Crippen LogP contribution >= 0.6 is 11.8 Å². The molecule has 1 heterocycles. The van der Waals surface area contributed by atoms with Crippen LogP contribution in [0.1, 0.15) is 12.3 Å². The van der Waals surface area contributed by atoms with E-state index < -0.39 is 11.6 Å². The molecule has 0 aliphatic carbocycles. The molecule has 1 N–H and O–H groups in total. The monoisotopic (exact) mass is 392 g/mol. The van der Waals surface area contributed by atoms with E-state index in [4.69, 9.17) is 4.42 Å². The Kier molecular flexibility index (Phi) is 6.18. The zero-order valence-electron chi connectivity index (χ0n) is 14.0. The molecule has 0 unspecified atom stereocenters. The average Bonchev–Trinajstić information content (AvgIpc) is 3.10. The molecule has 0 spiro atoms. The number of anilines is 1. The summed E-state index contributed by atoms with van der Waals surface area (Å²) in [5.74, 6) is -2.54. The number of alkyl halides is 2. The van der Waals surface area contributed by atoms with Gasteiger partial charge in [-0.1, -0.05) is 23.9 Å². The fraction of sp³-hybridized carbons (Fsp3) is 0.158. The molecule has 27 heavy (non-hydrogen) atoms. The number of oxazole rings is 1. The molecule has 0 fully saturated rings. The molecular formula is C19H15F3N2O2S. The van der Waals surface area contributed by atoms with Gasteiger partial charge in [-0.05, 0) is 36.4 Å². The first kappa shape index (κ1) is 19.0. The van der Waals surface area contributed by atoms with Crippen molar-refractivity contribution in [2.24, 2.45) is 0 Å². The molecule has 0 atom stereocenters. The molecule has 2 aromatic carbocycles. The quantitative estimate of drug-likeness (QED) is 0.550. The summed E-state index contributed by atoms with van der Waals surface area (Å²) in [6, 6.07) is 12.3. The Morgan fingerprint density at radius 3 is 2.59 bits per heavy atom. The van der Waals surface area contributed by atoms with Crippen molar-refractivity contribution < 1.29 is 22.4 Å². The normalized spacial score (nSPS) is 11.0. The van der Waals surface area contributed by atoms with Crippen LogP contribution in [0, 0.1) is 5.82 Å². The highest BCUT2D eigenvalue weighted by Crippen LogP contribution is 2.26. The maximum atomic E-state index is 13.7. The Morgan fingerprint density at radius 2 is 1.89 bits per heavy atom. The molecule has 0 aliphatic heterocycles. The van der Waals surface area contributed by atoms with Crippen molar-refractivity contribution in [3.63, 3.8) is 0 Å². The number of aromatic nitrogens is 1. The van der Waals surface area contributed by atoms with Gasteiger partial charge in [-0.25, -0.2) is 9.37 Å². The third kappa shape index (κ3) is 5.37. The number of hydrogen-bond acceptors (Lipinski definition) is 4. The molecule has 140 valence electrons. The van der Waals surface area contributed by atoms with E-state index in [1.165, 1.54) is 24.4 Å². The van der Waals surface area contributed by atoms with Crippen LogP contribution in [0.3, 0.4) is 0 Å². The summed E-state index contributed by atoms with van der Waals surface area (Å²) < 4.78 is 43.8. The summed E-state index contributed by atoms with van der Waals surface area (Å²) in [4.78, 5) is 16.5. The van der Waals surface area contributed by atoms with E-state index in [1.807, 2.05) is 0 Å². The summed E-state index contributed by atoms with van der Waals surface area (Å²) in [5, 5.41) is 2.68. The van der Waals surface area contributed by atoms with E-state index in [1.54, 1.807) is 30.3 Å². The van der Waals surface area contributed by atoms with Crippen molar-refractivity contribution in [3.8, 4) is 11.3 Å². The largest absolute Gasteiger partial charge is 0.441 e. The van der Waals surface area contributed by atoms with Crippen LogP contribution in [0.2, 0.25) is 0 Å². The summed E-state index contributed by atoms with van der Waals surface area (Å²) in [6.45, 7) is 0. The molecule has 0 saturated carbocycles. The Morgan fingerprint density at radius 1 is 1.15 bits per heavy atom. The number of amides is 1. The topological polar surface area (TPSA) is 55.1 Å². The van der Waals surface area contributed by atoms with Crippen LogP contribution in [0.5, 0.6) is 0 Å². The molecule has 0 saturated heterocycles. The van der Waals surface area contributed by atoms with Gasteiger partial charge in [0.15, 0.2) is 11.7 Å². The molecule has 3 aromatic rings. The lowest BCUT2D eigenvalue weighted by molar-refractivity contribution is -0.116. The van der Waals surface area contributed by atoms with Gasteiger partial charge in [0.05, 0.1) is 11.8 Å². The number of halogens is 3. The van der Waals surface area contributed by atoms with Crippen molar-refractivity contribution in [2.45, 2.75) is 23.5 Å². The number of thioether (sulfide) groups is 1. The number of benzene rings is 2. The van der Waals surface area contributed by atoms with Crippen molar-refractivity contribution >= 4 is 23.4 Å². The number of carbonyl (C=O) groups excluding carboxylic acids is 1. The van der Waals surface area contributed by atoms with E-state index in [-0.39, 0.29) is 18.7 Å². The summed E-state index contributed by atoms with van der Waals surface area (Å²) in [7, 11) is 0. The first-order chi connectivity index (χ1) is 13.0. The van der Waals surface area contributed by atoms with Crippen LogP contribution in [-0.4, -0.2) is 16.6 Å². The van der Waals surface area contributed by atoms with Crippen LogP contribution in [-0.2, 0) is 11.2 Å². The van der Waals surface area contributed by atoms with Crippen molar-refractivity contribution in [1.82, 2.24) is 4.98 Å². The van der Waals surface area contributed by atoms with Gasteiger partial charge in [0.1, 0.15) is 5.82 Å². The molecule has 1 amide bonds. The van der Waals surface area contributed by atoms with Gasteiger partial charge in [0.2, 0.25) is 5.91 Å². The second kappa shape index (κ2) is 8.77. The molecular weight excluding hydrogens is 377 g/mol. The zero-order chi connectivity index (χ0) is 19.2. The maximum Gasteiger partial charge on any atom is 0.288 e. The van der Waals surface area contributed by atoms with Gasteiger partial charge in [0, 0.05) is 23.4 Å². The third-order valence-electron chi connectivity index (χ3n) is 3.62. The van der Waals surface area contributed by atoms with E-state index in [0.29, 0.717) is 39.6 Å². The number of carbonyl (C=O) groups is 1. The minimum Gasteiger partial charge on any atom is -0.441 e. The number of rotatable bonds is 7. The molecule has 0 aliphatic rings. The van der Waals surface area contributed by atoms with Crippen LogP contribution in [0.25, 0.3) is 11.3 Å². The SMILES string of the molecule is O=C(CCc1ncc(-c2ccccc2F)o1)Nc1ccc(SC(F)F)cc1. The Bertz CT molecular complexity index is 913. The van der Waals surface area contributed by atoms with Crippen LogP contribution in [0.15, 0.2) is 64.0 Å². The third-order valence-corrected chi connectivity index (χ3v) is 4.34. The number of nitrogens with one attached hydrogen (secondary N) is 1. The van der Waals surface area contributed by atoms with Crippen LogP contribution < -0.4 is 5.32 Å². The van der Waals surface area contributed by atoms with E-state index in [9.17, 15) is 18.0 Å². The van der Waals surface area contributed by atoms with E-state index in [0.717, 1.165) is 0 Å². The number of hydrogen-bond donors (Lipinski definition) is 1. The zero-order valence-corrected chi connectivity index (χ0v) is 14.8. The van der Waals surface area contributed by atoms with Gasteiger partial charge in [-0.2, -0.15) is 8.78 Å². The minimum absolute atomic E-state index is 0.116. The number of nitrogens with zero attached hydrogens (tertiary/aromatic N) is 1. The highest BCUT2D eigenvalue weighted by atomic mass is 32.2. The van der Waals surface area contributed by atoms with Crippen molar-refractivity contribution in [2.75, 3.05) is 5.32 Å². The van der Waals surface area contributed by atoms with Gasteiger partial charge in [-0.15, -0.1) is 0 Å². The lowest BCUT2D eigenvalue weighted by Gasteiger charge is -2.05. The fourth-order valence-corrected chi connectivity index (χ4v) is 2.87. The fourth-order valence-electron chi connectivity index (χ4n) is 2.38. The van der Waals surface area contributed by atoms with Gasteiger partial charge < -0.3 is 9.73 Å². The highest BCUT2D eigenvalue weighted by molar-refractivity contribution is 7.99. The first-order valence-electron chi connectivity index (χ1n) is 8.05. The van der Waals surface area contributed by atoms with E-state index >= 15 is 0 Å². The minimum atomic E-state index is -2.49. The van der Waals surface area contributed by atoms with Gasteiger partial charge >= 0.3 is 0 Å². The first-order valence-corrected chi connectivity index (χ1v) is 8.93. The smallest absolute Gasteiger partial charge is 0.288 e. The summed E-state index contributed by atoms with van der Waals surface area (Å²) in [6.07, 6.45) is 1.79. The van der Waals surface area contributed by atoms with E-state index in [2.05, 4.69) is 10.3 Å². The highest BCUT2D eigenvalue weighted by Gasteiger charge is 2.12. The predicted octanol–water partition coefficient (Wildman–Crippen LogP) is 5.37. The van der Waals surface area contributed by atoms with Gasteiger partial charge in [0.25, 0.3) is 5.76 Å². The van der Waals surface area contributed by atoms with Crippen LogP contribution in [0.4, 0.5) is 18.9 Å². The molecule has 8 heteroatoms. The predicted molar refractivity (Wildman–Crippen MR) is 97.2 cm³/mol. The summed E-state index contributed by atoms with van der Waals surface area (Å²) >= 11 is 0.442.